The van der Waals surface area contributed by atoms with Crippen molar-refractivity contribution in [3.8, 4) is 0 Å². The summed E-state index contributed by atoms with van der Waals surface area (Å²) in [7, 11) is 0. The number of carbonyl (C=O) groups excluding carboxylic acids is 1. The highest BCUT2D eigenvalue weighted by Crippen LogP contribution is 2.14. The van der Waals surface area contributed by atoms with Crippen LogP contribution in [-0.2, 0) is 0 Å². The number of halogens is 2. The number of anilines is 1. The van der Waals surface area contributed by atoms with Gasteiger partial charge in [-0.1, -0.05) is 13.8 Å². The molecule has 0 fully saturated rings. The van der Waals surface area contributed by atoms with Gasteiger partial charge >= 0.3 is 6.03 Å². The highest BCUT2D eigenvalue weighted by molar-refractivity contribution is 5.89. The molecule has 3 N–H and O–H groups in total. The SMILES string of the molecule is CCC(O)(CC)CNC(=O)Nc1cc(F)cc(F)c1. The number of hydrogen-bond acceptors (Lipinski definition) is 2. The van der Waals surface area contributed by atoms with Crippen molar-refractivity contribution in [1.82, 2.24) is 5.32 Å². The van der Waals surface area contributed by atoms with E-state index in [4.69, 9.17) is 0 Å². The van der Waals surface area contributed by atoms with Gasteiger partial charge in [-0.05, 0) is 25.0 Å². The normalized spacial score (nSPS) is 11.2. The van der Waals surface area contributed by atoms with Gasteiger partial charge in [-0.15, -0.1) is 0 Å². The summed E-state index contributed by atoms with van der Waals surface area (Å²) in [5.74, 6) is -1.54. The molecule has 0 radical (unpaired) electrons. The number of carbonyl (C=O) groups is 1. The summed E-state index contributed by atoms with van der Waals surface area (Å²) in [6.45, 7) is 3.69. The second-order valence-electron chi connectivity index (χ2n) is 4.40. The summed E-state index contributed by atoms with van der Waals surface area (Å²) in [5.41, 5.74) is -0.948. The predicted molar refractivity (Wildman–Crippen MR) is 68.9 cm³/mol. The molecule has 1 aromatic carbocycles. The van der Waals surface area contributed by atoms with Gasteiger partial charge in [0.2, 0.25) is 0 Å². The van der Waals surface area contributed by atoms with Gasteiger partial charge in [-0.2, -0.15) is 0 Å². The van der Waals surface area contributed by atoms with E-state index in [9.17, 15) is 18.7 Å². The standard InChI is InChI=1S/C13H18F2N2O2/c1-3-13(19,4-2)8-16-12(18)17-11-6-9(14)5-10(15)7-11/h5-7,19H,3-4,8H2,1-2H3,(H2,16,17,18). The first-order valence-electron chi connectivity index (χ1n) is 6.12. The van der Waals surface area contributed by atoms with Crippen molar-refractivity contribution in [3.05, 3.63) is 29.8 Å². The predicted octanol–water partition coefficient (Wildman–Crippen LogP) is 2.64. The van der Waals surface area contributed by atoms with Crippen LogP contribution in [0.1, 0.15) is 26.7 Å². The van der Waals surface area contributed by atoms with E-state index in [2.05, 4.69) is 10.6 Å². The van der Waals surface area contributed by atoms with E-state index in [0.29, 0.717) is 12.8 Å². The van der Waals surface area contributed by atoms with Gasteiger partial charge in [0.05, 0.1) is 5.60 Å². The molecular weight excluding hydrogens is 254 g/mol. The number of benzene rings is 1. The van der Waals surface area contributed by atoms with Crippen LogP contribution in [0.4, 0.5) is 19.3 Å². The van der Waals surface area contributed by atoms with Gasteiger partial charge in [0, 0.05) is 18.3 Å². The van der Waals surface area contributed by atoms with Crippen molar-refractivity contribution in [2.75, 3.05) is 11.9 Å². The Hall–Kier alpha value is -1.69. The third kappa shape index (κ3) is 4.82. The minimum Gasteiger partial charge on any atom is -0.388 e. The first-order chi connectivity index (χ1) is 8.88. The van der Waals surface area contributed by atoms with E-state index in [1.807, 2.05) is 13.8 Å². The summed E-state index contributed by atoms with van der Waals surface area (Å²) in [4.78, 5) is 11.5. The van der Waals surface area contributed by atoms with Gasteiger partial charge < -0.3 is 15.7 Å². The Kier molecular flexibility index (Phi) is 5.23. The molecule has 19 heavy (non-hydrogen) atoms. The molecule has 1 aromatic rings. The number of amides is 2. The highest BCUT2D eigenvalue weighted by atomic mass is 19.1. The molecular formula is C13H18F2N2O2. The second-order valence-corrected chi connectivity index (χ2v) is 4.40. The molecule has 1 rings (SSSR count). The van der Waals surface area contributed by atoms with Crippen LogP contribution in [-0.4, -0.2) is 23.3 Å². The molecule has 0 aliphatic heterocycles. The fourth-order valence-electron chi connectivity index (χ4n) is 1.55. The van der Waals surface area contributed by atoms with Crippen molar-refractivity contribution in [2.45, 2.75) is 32.3 Å². The van der Waals surface area contributed by atoms with Crippen LogP contribution in [0.25, 0.3) is 0 Å². The maximum Gasteiger partial charge on any atom is 0.319 e. The molecule has 106 valence electrons. The van der Waals surface area contributed by atoms with Crippen LogP contribution < -0.4 is 10.6 Å². The summed E-state index contributed by atoms with van der Waals surface area (Å²) < 4.78 is 25.8. The van der Waals surface area contributed by atoms with E-state index in [0.717, 1.165) is 18.2 Å². The van der Waals surface area contributed by atoms with Gasteiger partial charge in [-0.25, -0.2) is 13.6 Å². The fraction of sp³-hybridized carbons (Fsp3) is 0.462. The van der Waals surface area contributed by atoms with Crippen molar-refractivity contribution < 1.29 is 18.7 Å². The Morgan fingerprint density at radius 3 is 2.21 bits per heavy atom. The minimum atomic E-state index is -0.968. The third-order valence-electron chi connectivity index (χ3n) is 3.01. The van der Waals surface area contributed by atoms with E-state index in [1.54, 1.807) is 0 Å². The lowest BCUT2D eigenvalue weighted by Crippen LogP contribution is -2.43. The van der Waals surface area contributed by atoms with E-state index in [1.165, 1.54) is 0 Å². The Morgan fingerprint density at radius 1 is 1.21 bits per heavy atom. The van der Waals surface area contributed by atoms with Crippen molar-refractivity contribution in [1.29, 1.82) is 0 Å². The average molecular weight is 272 g/mol. The Balaban J connectivity index is 2.56. The van der Waals surface area contributed by atoms with E-state index < -0.39 is 23.3 Å². The second kappa shape index (κ2) is 6.47. The lowest BCUT2D eigenvalue weighted by Gasteiger charge is -2.25. The van der Waals surface area contributed by atoms with Gasteiger partial charge in [0.1, 0.15) is 11.6 Å². The number of rotatable bonds is 5. The number of aliphatic hydroxyl groups is 1. The monoisotopic (exact) mass is 272 g/mol. The number of hydrogen-bond donors (Lipinski definition) is 3. The van der Waals surface area contributed by atoms with Gasteiger partial charge in [0.15, 0.2) is 0 Å². The van der Waals surface area contributed by atoms with Crippen molar-refractivity contribution >= 4 is 11.7 Å². The molecule has 0 atom stereocenters. The molecule has 0 aliphatic carbocycles. The summed E-state index contributed by atoms with van der Waals surface area (Å²) in [5, 5.41) is 14.7. The molecule has 2 amide bonds. The number of nitrogens with one attached hydrogen (secondary N) is 2. The topological polar surface area (TPSA) is 61.4 Å². The lowest BCUT2D eigenvalue weighted by atomic mass is 9.98. The summed E-state index contributed by atoms with van der Waals surface area (Å²) in [6.07, 6.45) is 0.997. The number of urea groups is 1. The first-order valence-corrected chi connectivity index (χ1v) is 6.12. The van der Waals surface area contributed by atoms with Crippen molar-refractivity contribution in [2.24, 2.45) is 0 Å². The summed E-state index contributed by atoms with van der Waals surface area (Å²) in [6, 6.07) is 2.12. The molecule has 0 aromatic heterocycles. The molecule has 6 heteroatoms. The Labute approximate surface area is 110 Å². The molecule has 0 spiro atoms. The smallest absolute Gasteiger partial charge is 0.319 e. The third-order valence-corrected chi connectivity index (χ3v) is 3.01. The Bertz CT molecular complexity index is 428. The van der Waals surface area contributed by atoms with Gasteiger partial charge in [-0.3, -0.25) is 0 Å². The van der Waals surface area contributed by atoms with Crippen LogP contribution in [0.3, 0.4) is 0 Å². The van der Waals surface area contributed by atoms with Crippen LogP contribution in [0.5, 0.6) is 0 Å². The van der Waals surface area contributed by atoms with E-state index in [-0.39, 0.29) is 12.2 Å². The van der Waals surface area contributed by atoms with Crippen LogP contribution >= 0.6 is 0 Å². The Morgan fingerprint density at radius 2 is 1.74 bits per heavy atom. The maximum atomic E-state index is 12.9. The molecule has 0 heterocycles. The quantitative estimate of drug-likeness (QED) is 0.771. The maximum absolute atomic E-state index is 12.9. The molecule has 0 aliphatic rings. The largest absolute Gasteiger partial charge is 0.388 e. The molecule has 4 nitrogen and oxygen atoms in total. The van der Waals surface area contributed by atoms with E-state index >= 15 is 0 Å². The fourth-order valence-corrected chi connectivity index (χ4v) is 1.55. The van der Waals surface area contributed by atoms with Crippen LogP contribution in [0.15, 0.2) is 18.2 Å². The van der Waals surface area contributed by atoms with Gasteiger partial charge in [0.25, 0.3) is 0 Å². The zero-order valence-electron chi connectivity index (χ0n) is 11.0. The average Bonchev–Trinajstić information content (AvgIpc) is 2.35. The van der Waals surface area contributed by atoms with Crippen LogP contribution in [0.2, 0.25) is 0 Å². The van der Waals surface area contributed by atoms with Crippen molar-refractivity contribution in [3.63, 3.8) is 0 Å². The summed E-state index contributed by atoms with van der Waals surface area (Å²) >= 11 is 0. The highest BCUT2D eigenvalue weighted by Gasteiger charge is 2.22. The van der Waals surface area contributed by atoms with Crippen LogP contribution in [0, 0.1) is 11.6 Å². The minimum absolute atomic E-state index is 0.0199. The molecule has 0 saturated heterocycles. The first kappa shape index (κ1) is 15.4. The zero-order valence-corrected chi connectivity index (χ0v) is 11.0. The zero-order chi connectivity index (χ0) is 14.5. The molecule has 0 bridgehead atoms. The molecule has 0 unspecified atom stereocenters. The lowest BCUT2D eigenvalue weighted by molar-refractivity contribution is 0.0354. The molecule has 0 saturated carbocycles.